The molecule has 10 nitrogen and oxygen atoms in total. The number of fused-ring (bicyclic) bond motifs is 3. The van der Waals surface area contributed by atoms with E-state index in [1.807, 2.05) is 6.07 Å². The standard InChI is InChI=1S/C32H26F2N6O4/c1-19(41)38-17-26-27(18-38)40-29(25(16-36-40)37-30(42)20-8-13-28(44-2)21(14-20)15-35)31(43)39(26)24-11-9-23(10-12-24)32(33,34)22-6-4-3-5-7-22/h3-14,16,26-27H,17-18H2,1-2H3,(H,37,42)/t26-,27-/m1/s1. The number of rotatable bonds is 6. The van der Waals surface area contributed by atoms with Gasteiger partial charge >= 0.3 is 0 Å². The molecular formula is C32H26F2N6O4. The maximum absolute atomic E-state index is 15.3. The van der Waals surface area contributed by atoms with E-state index in [1.54, 1.807) is 23.1 Å². The van der Waals surface area contributed by atoms with Gasteiger partial charge in [0.1, 0.15) is 11.8 Å². The molecule has 6 rings (SSSR count). The van der Waals surface area contributed by atoms with Gasteiger partial charge in [0.25, 0.3) is 17.7 Å². The van der Waals surface area contributed by atoms with Gasteiger partial charge in [-0.3, -0.25) is 24.0 Å². The number of nitrogens with zero attached hydrogens (tertiary/aromatic N) is 5. The average molecular weight is 597 g/mol. The fourth-order valence-corrected chi connectivity index (χ4v) is 5.79. The minimum atomic E-state index is -3.25. The second kappa shape index (κ2) is 10.9. The molecule has 3 aromatic carbocycles. The monoisotopic (exact) mass is 596 g/mol. The van der Waals surface area contributed by atoms with E-state index in [1.165, 1.54) is 84.4 Å². The molecule has 3 amide bonds. The molecule has 1 fully saturated rings. The van der Waals surface area contributed by atoms with Crippen LogP contribution in [0.2, 0.25) is 0 Å². The Morgan fingerprint density at radius 3 is 2.36 bits per heavy atom. The SMILES string of the molecule is COc1ccc(C(=O)Nc2cnn3c2C(=O)N(c2ccc(C(F)(F)c4ccccc4)cc2)[C@@H]2CN(C(C)=O)C[C@H]23)cc1C#N. The third kappa shape index (κ3) is 4.72. The van der Waals surface area contributed by atoms with Gasteiger partial charge in [-0.15, -0.1) is 0 Å². The summed E-state index contributed by atoms with van der Waals surface area (Å²) in [4.78, 5) is 42.7. The number of anilines is 2. The molecule has 0 unspecified atom stereocenters. The number of ether oxygens (including phenoxy) is 1. The highest BCUT2D eigenvalue weighted by molar-refractivity contribution is 6.13. The van der Waals surface area contributed by atoms with Gasteiger partial charge in [-0.25, -0.2) is 0 Å². The van der Waals surface area contributed by atoms with Crippen LogP contribution in [0.25, 0.3) is 0 Å². The van der Waals surface area contributed by atoms with Gasteiger partial charge in [-0.1, -0.05) is 42.5 Å². The molecule has 2 atom stereocenters. The van der Waals surface area contributed by atoms with E-state index in [-0.39, 0.29) is 52.6 Å². The number of alkyl halides is 2. The molecule has 1 saturated heterocycles. The maximum Gasteiger partial charge on any atom is 0.298 e. The number of carbonyl (C=O) groups excluding carboxylic acids is 3. The van der Waals surface area contributed by atoms with Crippen molar-refractivity contribution in [2.75, 3.05) is 30.4 Å². The Kier molecular flexibility index (Phi) is 7.09. The first kappa shape index (κ1) is 28.5. The lowest BCUT2D eigenvalue weighted by molar-refractivity contribution is -0.127. The Morgan fingerprint density at radius 1 is 1.02 bits per heavy atom. The van der Waals surface area contributed by atoms with E-state index in [0.29, 0.717) is 11.4 Å². The van der Waals surface area contributed by atoms with Crippen molar-refractivity contribution in [3.8, 4) is 11.8 Å². The molecule has 1 aromatic heterocycles. The lowest BCUT2D eigenvalue weighted by atomic mass is 9.99. The largest absolute Gasteiger partial charge is 0.495 e. The van der Waals surface area contributed by atoms with Crippen molar-refractivity contribution >= 4 is 29.1 Å². The molecule has 0 radical (unpaired) electrons. The van der Waals surface area contributed by atoms with Crippen molar-refractivity contribution < 1.29 is 27.9 Å². The van der Waals surface area contributed by atoms with Crippen molar-refractivity contribution in [3.63, 3.8) is 0 Å². The van der Waals surface area contributed by atoms with Crippen molar-refractivity contribution in [1.29, 1.82) is 5.26 Å². The van der Waals surface area contributed by atoms with Gasteiger partial charge in [0.2, 0.25) is 5.91 Å². The molecule has 0 spiro atoms. The van der Waals surface area contributed by atoms with Crippen LogP contribution in [0, 0.1) is 11.3 Å². The summed E-state index contributed by atoms with van der Waals surface area (Å²) < 4.78 is 37.2. The van der Waals surface area contributed by atoms with Crippen molar-refractivity contribution in [1.82, 2.24) is 14.7 Å². The molecule has 0 aliphatic carbocycles. The summed E-state index contributed by atoms with van der Waals surface area (Å²) in [5.41, 5.74) is 0.514. The van der Waals surface area contributed by atoms with Crippen LogP contribution in [0.3, 0.4) is 0 Å². The molecule has 0 bridgehead atoms. The van der Waals surface area contributed by atoms with Crippen LogP contribution in [0.1, 0.15) is 50.5 Å². The Balaban J connectivity index is 1.35. The summed E-state index contributed by atoms with van der Waals surface area (Å²) in [6.07, 6.45) is 1.36. The lowest BCUT2D eigenvalue weighted by Crippen LogP contribution is -2.51. The van der Waals surface area contributed by atoms with Crippen LogP contribution in [0.4, 0.5) is 20.2 Å². The number of methoxy groups -OCH3 is 1. The maximum atomic E-state index is 15.3. The number of nitrogens with one attached hydrogen (secondary N) is 1. The second-order valence-corrected chi connectivity index (χ2v) is 10.6. The fraction of sp³-hybridized carbons (Fsp3) is 0.219. The van der Waals surface area contributed by atoms with Crippen LogP contribution in [-0.2, 0) is 10.7 Å². The quantitative estimate of drug-likeness (QED) is 0.348. The minimum absolute atomic E-state index is 0.0812. The zero-order chi connectivity index (χ0) is 31.2. The van der Waals surface area contributed by atoms with Gasteiger partial charge in [0, 0.05) is 42.4 Å². The molecular weight excluding hydrogens is 570 g/mol. The summed E-state index contributed by atoms with van der Waals surface area (Å²) in [6, 6.07) is 18.3. The van der Waals surface area contributed by atoms with Gasteiger partial charge in [-0.05, 0) is 30.3 Å². The van der Waals surface area contributed by atoms with Crippen LogP contribution in [0.5, 0.6) is 5.75 Å². The normalized spacial score (nSPS) is 17.5. The Hall–Kier alpha value is -5.57. The first-order chi connectivity index (χ1) is 21.1. The highest BCUT2D eigenvalue weighted by Gasteiger charge is 2.48. The summed E-state index contributed by atoms with van der Waals surface area (Å²) in [6.45, 7) is 1.92. The highest BCUT2D eigenvalue weighted by atomic mass is 19.3. The van der Waals surface area contributed by atoms with E-state index in [0.717, 1.165) is 0 Å². The second-order valence-electron chi connectivity index (χ2n) is 10.6. The Bertz CT molecular complexity index is 1820. The average Bonchev–Trinajstić information content (AvgIpc) is 3.67. The number of benzene rings is 3. The molecule has 1 N–H and O–H groups in total. The summed E-state index contributed by atoms with van der Waals surface area (Å²) >= 11 is 0. The fourth-order valence-electron chi connectivity index (χ4n) is 5.79. The first-order valence-electron chi connectivity index (χ1n) is 13.7. The smallest absolute Gasteiger partial charge is 0.298 e. The van der Waals surface area contributed by atoms with Crippen LogP contribution < -0.4 is 15.0 Å². The molecule has 2 aliphatic heterocycles. The number of hydrogen-bond donors (Lipinski definition) is 1. The number of likely N-dealkylation sites (tertiary alicyclic amines) is 1. The lowest BCUT2D eigenvalue weighted by Gasteiger charge is -2.37. The molecule has 44 heavy (non-hydrogen) atoms. The molecule has 2 aliphatic rings. The van der Waals surface area contributed by atoms with E-state index >= 15 is 8.78 Å². The Morgan fingerprint density at radius 2 is 1.70 bits per heavy atom. The predicted molar refractivity (Wildman–Crippen MR) is 156 cm³/mol. The summed E-state index contributed by atoms with van der Waals surface area (Å²) in [7, 11) is 1.41. The van der Waals surface area contributed by atoms with Crippen molar-refractivity contribution in [2.45, 2.75) is 24.9 Å². The van der Waals surface area contributed by atoms with Gasteiger partial charge in [0.05, 0.1) is 36.6 Å². The highest BCUT2D eigenvalue weighted by Crippen LogP contribution is 2.40. The molecule has 3 heterocycles. The Labute approximate surface area is 251 Å². The number of halogens is 2. The molecule has 222 valence electrons. The third-order valence-corrected chi connectivity index (χ3v) is 8.04. The first-order valence-corrected chi connectivity index (χ1v) is 13.7. The number of amides is 3. The number of aromatic nitrogens is 2. The van der Waals surface area contributed by atoms with E-state index in [2.05, 4.69) is 10.4 Å². The van der Waals surface area contributed by atoms with Crippen LogP contribution >= 0.6 is 0 Å². The van der Waals surface area contributed by atoms with Gasteiger partial charge < -0.3 is 15.0 Å². The van der Waals surface area contributed by atoms with Crippen LogP contribution in [0.15, 0.2) is 79.0 Å². The molecule has 4 aromatic rings. The molecule has 12 heteroatoms. The topological polar surface area (TPSA) is 121 Å². The van der Waals surface area contributed by atoms with E-state index in [9.17, 15) is 19.6 Å². The zero-order valence-corrected chi connectivity index (χ0v) is 23.7. The predicted octanol–water partition coefficient (Wildman–Crippen LogP) is 4.59. The molecule has 0 saturated carbocycles. The summed E-state index contributed by atoms with van der Waals surface area (Å²) in [5, 5.41) is 16.5. The summed E-state index contributed by atoms with van der Waals surface area (Å²) in [5.74, 6) is -4.21. The van der Waals surface area contributed by atoms with E-state index in [4.69, 9.17) is 4.74 Å². The van der Waals surface area contributed by atoms with Gasteiger partial charge in [-0.2, -0.15) is 19.1 Å². The zero-order valence-electron chi connectivity index (χ0n) is 23.7. The van der Waals surface area contributed by atoms with E-state index < -0.39 is 29.8 Å². The van der Waals surface area contributed by atoms with Crippen molar-refractivity contribution in [3.05, 3.63) is 107 Å². The third-order valence-electron chi connectivity index (χ3n) is 8.04. The number of nitriles is 1. The van der Waals surface area contributed by atoms with Crippen molar-refractivity contribution in [2.24, 2.45) is 0 Å². The minimum Gasteiger partial charge on any atom is -0.495 e. The van der Waals surface area contributed by atoms with Crippen LogP contribution in [-0.4, -0.2) is 58.6 Å². The number of carbonyl (C=O) groups is 3. The number of hydrogen-bond acceptors (Lipinski definition) is 6. The van der Waals surface area contributed by atoms with Gasteiger partial charge in [0.15, 0.2) is 5.69 Å².